The summed E-state index contributed by atoms with van der Waals surface area (Å²) in [6, 6.07) is 0. The van der Waals surface area contributed by atoms with E-state index in [4.69, 9.17) is 18.5 Å². The van der Waals surface area contributed by atoms with Crippen LogP contribution >= 0.6 is 7.82 Å². The number of carbonyl (C=O) groups excluding carboxylic acids is 2. The number of hydrogen-bond donors (Lipinski definition) is 1. The van der Waals surface area contributed by atoms with E-state index in [-0.39, 0.29) is 26.1 Å². The van der Waals surface area contributed by atoms with Gasteiger partial charge in [0.1, 0.15) is 19.8 Å². The van der Waals surface area contributed by atoms with Crippen LogP contribution in [0.2, 0.25) is 0 Å². The number of quaternary nitrogens is 1. The van der Waals surface area contributed by atoms with Gasteiger partial charge in [0.2, 0.25) is 0 Å². The van der Waals surface area contributed by atoms with Crippen molar-refractivity contribution in [1.29, 1.82) is 0 Å². The van der Waals surface area contributed by atoms with Crippen molar-refractivity contribution in [3.63, 3.8) is 0 Å². The van der Waals surface area contributed by atoms with E-state index in [1.165, 1.54) is 25.7 Å². The van der Waals surface area contributed by atoms with E-state index in [1.807, 2.05) is 21.1 Å². The first-order chi connectivity index (χ1) is 27.0. The first-order valence-corrected chi connectivity index (χ1v) is 22.8. The minimum atomic E-state index is -4.40. The zero-order chi connectivity index (χ0) is 41.4. The maximum absolute atomic E-state index is 12.7. The highest BCUT2D eigenvalue weighted by Gasteiger charge is 2.27. The molecule has 0 spiro atoms. The number of carbonyl (C=O) groups is 2. The summed E-state index contributed by atoms with van der Waals surface area (Å²) in [7, 11) is 1.42. The summed E-state index contributed by atoms with van der Waals surface area (Å²) in [5, 5.41) is 0. The van der Waals surface area contributed by atoms with Crippen LogP contribution in [0, 0.1) is 0 Å². The molecule has 0 aromatic heterocycles. The van der Waals surface area contributed by atoms with Crippen molar-refractivity contribution in [2.45, 2.75) is 148 Å². The van der Waals surface area contributed by atoms with Crippen LogP contribution in [-0.4, -0.2) is 74.9 Å². The van der Waals surface area contributed by atoms with E-state index in [0.29, 0.717) is 23.9 Å². The topological polar surface area (TPSA) is 108 Å². The highest BCUT2D eigenvalue weighted by Crippen LogP contribution is 2.43. The van der Waals surface area contributed by atoms with Gasteiger partial charge in [-0.15, -0.1) is 0 Å². The van der Waals surface area contributed by atoms with Gasteiger partial charge in [0.25, 0.3) is 0 Å². The van der Waals surface area contributed by atoms with Crippen molar-refractivity contribution in [1.82, 2.24) is 0 Å². The lowest BCUT2D eigenvalue weighted by atomic mass is 10.1. The van der Waals surface area contributed by atoms with E-state index < -0.39 is 32.5 Å². The van der Waals surface area contributed by atoms with E-state index in [0.717, 1.165) is 77.0 Å². The van der Waals surface area contributed by atoms with Gasteiger partial charge < -0.3 is 18.9 Å². The normalized spacial score (nSPS) is 14.5. The third kappa shape index (κ3) is 40.8. The van der Waals surface area contributed by atoms with Crippen LogP contribution in [0.15, 0.2) is 85.1 Å². The quantitative estimate of drug-likeness (QED) is 0.0217. The Morgan fingerprint density at radius 1 is 0.554 bits per heavy atom. The average molecular weight is 805 g/mol. The van der Waals surface area contributed by atoms with Gasteiger partial charge >= 0.3 is 19.8 Å². The van der Waals surface area contributed by atoms with Crippen molar-refractivity contribution in [2.24, 2.45) is 0 Å². The molecule has 56 heavy (non-hydrogen) atoms. The molecule has 0 aromatic rings. The Hall–Kier alpha value is -2.81. The summed E-state index contributed by atoms with van der Waals surface area (Å²) >= 11 is 0. The van der Waals surface area contributed by atoms with Crippen LogP contribution in [0.3, 0.4) is 0 Å². The van der Waals surface area contributed by atoms with Gasteiger partial charge in [-0.2, -0.15) is 0 Å². The smallest absolute Gasteiger partial charge is 0.462 e. The Morgan fingerprint density at radius 3 is 1.50 bits per heavy atom. The summed E-state index contributed by atoms with van der Waals surface area (Å²) in [6.07, 6.45) is 47.7. The maximum Gasteiger partial charge on any atom is 0.472 e. The third-order valence-electron chi connectivity index (χ3n) is 8.38. The number of allylic oxidation sites excluding steroid dienone is 14. The van der Waals surface area contributed by atoms with Gasteiger partial charge in [0.15, 0.2) is 6.10 Å². The molecule has 2 atom stereocenters. The fourth-order valence-corrected chi connectivity index (χ4v) is 5.75. The molecule has 0 heterocycles. The van der Waals surface area contributed by atoms with Crippen LogP contribution in [0.1, 0.15) is 142 Å². The van der Waals surface area contributed by atoms with Gasteiger partial charge in [0, 0.05) is 12.8 Å². The molecule has 9 nitrogen and oxygen atoms in total. The molecule has 0 rings (SSSR count). The van der Waals surface area contributed by atoms with Crippen LogP contribution in [0.4, 0.5) is 0 Å². The van der Waals surface area contributed by atoms with Gasteiger partial charge in [0.05, 0.1) is 27.7 Å². The Morgan fingerprint density at radius 2 is 1.00 bits per heavy atom. The van der Waals surface area contributed by atoms with E-state index in [9.17, 15) is 19.0 Å². The molecule has 0 aromatic carbocycles. The number of hydrogen-bond acceptors (Lipinski definition) is 7. The molecule has 320 valence electrons. The molecule has 0 aliphatic heterocycles. The van der Waals surface area contributed by atoms with Crippen molar-refractivity contribution in [2.75, 3.05) is 47.5 Å². The number of likely N-dealkylation sites (N-methyl/N-ethyl adjacent to an activating group) is 1. The van der Waals surface area contributed by atoms with Crippen LogP contribution in [-0.2, 0) is 32.7 Å². The molecule has 0 aliphatic carbocycles. The molecule has 0 radical (unpaired) electrons. The fourth-order valence-electron chi connectivity index (χ4n) is 5.01. The van der Waals surface area contributed by atoms with Crippen molar-refractivity contribution >= 4 is 19.8 Å². The molecule has 10 heteroatoms. The monoisotopic (exact) mass is 805 g/mol. The van der Waals surface area contributed by atoms with Gasteiger partial charge in [-0.05, 0) is 89.9 Å². The maximum atomic E-state index is 12.7. The number of phosphoric ester groups is 1. The van der Waals surface area contributed by atoms with Crippen molar-refractivity contribution in [3.8, 4) is 0 Å². The predicted molar refractivity (Wildman–Crippen MR) is 233 cm³/mol. The fraction of sp³-hybridized carbons (Fsp3) is 0.652. The minimum absolute atomic E-state index is 0.0142. The third-order valence-corrected chi connectivity index (χ3v) is 9.36. The molecule has 1 N–H and O–H groups in total. The second-order valence-electron chi connectivity index (χ2n) is 15.0. The second-order valence-corrected chi connectivity index (χ2v) is 16.5. The molecule has 0 aliphatic rings. The number of ether oxygens (including phenoxy) is 2. The van der Waals surface area contributed by atoms with Crippen molar-refractivity contribution < 1.29 is 42.1 Å². The number of phosphoric acid groups is 1. The summed E-state index contributed by atoms with van der Waals surface area (Å²) in [6.45, 7) is 4.21. The summed E-state index contributed by atoms with van der Waals surface area (Å²) in [4.78, 5) is 35.3. The Balaban J connectivity index is 4.53. The van der Waals surface area contributed by atoms with Crippen molar-refractivity contribution in [3.05, 3.63) is 85.1 Å². The van der Waals surface area contributed by atoms with Gasteiger partial charge in [-0.1, -0.05) is 125 Å². The zero-order valence-corrected chi connectivity index (χ0v) is 36.7. The number of unbranched alkanes of at least 4 members (excludes halogenated alkanes) is 9. The van der Waals surface area contributed by atoms with Crippen LogP contribution in [0.5, 0.6) is 0 Å². The largest absolute Gasteiger partial charge is 0.472 e. The zero-order valence-electron chi connectivity index (χ0n) is 35.8. The highest BCUT2D eigenvalue weighted by molar-refractivity contribution is 7.47. The van der Waals surface area contributed by atoms with E-state index >= 15 is 0 Å². The number of esters is 2. The first-order valence-electron chi connectivity index (χ1n) is 21.3. The van der Waals surface area contributed by atoms with Crippen LogP contribution < -0.4 is 0 Å². The lowest BCUT2D eigenvalue weighted by Crippen LogP contribution is -2.37. The molecular formula is C46H79NO8P+. The summed E-state index contributed by atoms with van der Waals surface area (Å²) in [5.41, 5.74) is 0. The van der Waals surface area contributed by atoms with Gasteiger partial charge in [-0.3, -0.25) is 18.6 Å². The number of nitrogens with zero attached hydrogens (tertiary/aromatic N) is 1. The molecule has 0 amide bonds. The molecule has 0 saturated carbocycles. The van der Waals surface area contributed by atoms with Crippen LogP contribution in [0.25, 0.3) is 0 Å². The van der Waals surface area contributed by atoms with Gasteiger partial charge in [-0.25, -0.2) is 4.57 Å². The minimum Gasteiger partial charge on any atom is -0.462 e. The SMILES string of the molecule is CCC/C=C/C/C=C/C/C=C/C/C=C/CCCCCC(=O)OC[C@H](COP(=O)(O)OCC[N+](C)(C)C)OC(=O)CCCC/C=C/C/C=C/C/C=C/CCCCC. The average Bonchev–Trinajstić information content (AvgIpc) is 3.15. The number of rotatable bonds is 37. The molecule has 0 fully saturated rings. The lowest BCUT2D eigenvalue weighted by Gasteiger charge is -2.24. The second kappa shape index (κ2) is 37.7. The molecule has 1 unspecified atom stereocenters. The van der Waals surface area contributed by atoms with E-state index in [1.54, 1.807) is 0 Å². The molecule has 0 saturated heterocycles. The lowest BCUT2D eigenvalue weighted by molar-refractivity contribution is -0.870. The Bertz CT molecular complexity index is 1230. The Kier molecular flexibility index (Phi) is 35.9. The summed E-state index contributed by atoms with van der Waals surface area (Å²) < 4.78 is 34.2. The highest BCUT2D eigenvalue weighted by atomic mass is 31.2. The van der Waals surface area contributed by atoms with E-state index in [2.05, 4.69) is 98.9 Å². The summed E-state index contributed by atoms with van der Waals surface area (Å²) in [5.74, 6) is -0.890. The first kappa shape index (κ1) is 53.2. The standard InChI is InChI=1S/C46H78NO8P/c1-6-8-10-12-14-16-18-20-22-23-25-26-28-30-32-34-36-38-45(48)52-42-44(43-54-56(50,51)53-41-40-47(3,4)5)55-46(49)39-37-35-33-31-29-27-24-21-19-17-15-13-11-9-7-2/h10,12,15-18,21-24,26,28-29,31,44H,6-9,11,13-14,19-20,25,27,30,32-43H2,1-5H3/p+1/b12-10+,17-15+,18-16+,23-22+,24-21+,28-26+,31-29+/t44-/m1/s1. The molecular weight excluding hydrogens is 725 g/mol. The molecule has 0 bridgehead atoms. The Labute approximate surface area is 341 Å². The predicted octanol–water partition coefficient (Wildman–Crippen LogP) is 12.0.